The number of Topliss-reactive ketones (excluding diaryl/α,β-unsaturated/α-hetero) is 1. The Morgan fingerprint density at radius 1 is 1.17 bits per heavy atom. The van der Waals surface area contributed by atoms with Gasteiger partial charge in [-0.15, -0.1) is 0 Å². The summed E-state index contributed by atoms with van der Waals surface area (Å²) in [6.45, 7) is 7.89. The summed E-state index contributed by atoms with van der Waals surface area (Å²) >= 11 is 0. The van der Waals surface area contributed by atoms with Gasteiger partial charge in [0, 0.05) is 5.56 Å². The number of rotatable bonds is 8. The number of benzene rings is 1. The second kappa shape index (κ2) is 7.67. The predicted octanol–water partition coefficient (Wildman–Crippen LogP) is 4.15. The molecule has 0 saturated heterocycles. The normalized spacial score (nSPS) is 15.0. The topological polar surface area (TPSA) is 72.8 Å². The van der Waals surface area contributed by atoms with Crippen LogP contribution in [0.3, 0.4) is 0 Å². The van der Waals surface area contributed by atoms with Gasteiger partial charge < -0.3 is 14.2 Å². The van der Waals surface area contributed by atoms with E-state index in [1.54, 1.807) is 27.7 Å². The van der Waals surface area contributed by atoms with Crippen LogP contribution in [0.25, 0.3) is 0 Å². The lowest BCUT2D eigenvalue weighted by molar-refractivity contribution is 0.0459. The second-order valence-corrected chi connectivity index (χ2v) is 8.51. The first-order valence-electron chi connectivity index (χ1n) is 7.45. The van der Waals surface area contributed by atoms with E-state index in [1.807, 2.05) is 0 Å². The van der Waals surface area contributed by atoms with Crippen molar-refractivity contribution in [2.75, 3.05) is 0 Å². The van der Waals surface area contributed by atoms with Crippen molar-refractivity contribution >= 4 is 13.4 Å². The Hall–Kier alpha value is -1.07. The van der Waals surface area contributed by atoms with Crippen LogP contribution in [0.2, 0.25) is 0 Å². The first-order chi connectivity index (χ1) is 10.5. The van der Waals surface area contributed by atoms with Crippen molar-refractivity contribution in [2.45, 2.75) is 58.6 Å². The largest absolute Gasteiger partial charge is 0.377 e. The number of ketones is 1. The molecule has 0 aliphatic carbocycles. The van der Waals surface area contributed by atoms with E-state index >= 15 is 0 Å². The van der Waals surface area contributed by atoms with Gasteiger partial charge in [-0.25, -0.2) is 4.39 Å². The van der Waals surface area contributed by atoms with Gasteiger partial charge in [-0.05, 0) is 58.9 Å². The van der Waals surface area contributed by atoms with Crippen molar-refractivity contribution in [3.63, 3.8) is 0 Å². The highest BCUT2D eigenvalue weighted by Gasteiger charge is 2.48. The molecule has 23 heavy (non-hydrogen) atoms. The smallest absolute Gasteiger partial charge is 0.362 e. The van der Waals surface area contributed by atoms with Gasteiger partial charge in [-0.3, -0.25) is 9.36 Å². The summed E-state index contributed by atoms with van der Waals surface area (Å²) < 4.78 is 36.6. The molecule has 0 amide bonds. The third kappa shape index (κ3) is 5.50. The van der Waals surface area contributed by atoms with Crippen LogP contribution in [0.4, 0.5) is 4.39 Å². The van der Waals surface area contributed by atoms with Gasteiger partial charge in [0.2, 0.25) is 0 Å². The molecule has 0 bridgehead atoms. The minimum atomic E-state index is -3.96. The Morgan fingerprint density at radius 3 is 2.00 bits per heavy atom. The van der Waals surface area contributed by atoms with Crippen LogP contribution in [-0.2, 0) is 13.6 Å². The number of carbonyl (C=O) groups excluding carboxylic acids is 1. The van der Waals surface area contributed by atoms with Gasteiger partial charge >= 0.3 is 7.60 Å². The monoisotopic (exact) mass is 346 g/mol. The van der Waals surface area contributed by atoms with E-state index in [1.165, 1.54) is 19.1 Å². The minimum Gasteiger partial charge on any atom is -0.377 e. The highest BCUT2D eigenvalue weighted by Crippen LogP contribution is 2.61. The highest BCUT2D eigenvalue weighted by molar-refractivity contribution is 7.55. The summed E-state index contributed by atoms with van der Waals surface area (Å²) in [6, 6.07) is 4.92. The molecule has 0 unspecified atom stereocenters. The molecule has 0 saturated carbocycles. The third-order valence-corrected chi connectivity index (χ3v) is 5.69. The predicted molar refractivity (Wildman–Crippen MR) is 86.0 cm³/mol. The van der Waals surface area contributed by atoms with Gasteiger partial charge in [-0.2, -0.15) is 0 Å². The number of aliphatic hydroxyl groups is 1. The van der Waals surface area contributed by atoms with E-state index in [0.29, 0.717) is 0 Å². The van der Waals surface area contributed by atoms with E-state index in [9.17, 15) is 18.9 Å². The van der Waals surface area contributed by atoms with Crippen molar-refractivity contribution < 1.29 is 27.9 Å². The second-order valence-electron chi connectivity index (χ2n) is 6.13. The maximum absolute atomic E-state index is 13.0. The Bertz CT molecular complexity index is 567. The van der Waals surface area contributed by atoms with Crippen molar-refractivity contribution in [2.24, 2.45) is 0 Å². The molecule has 0 aromatic heterocycles. The molecular formula is C16H24FO5P. The average Bonchev–Trinajstić information content (AvgIpc) is 2.36. The maximum atomic E-state index is 13.0. The van der Waals surface area contributed by atoms with Crippen molar-refractivity contribution in [3.8, 4) is 0 Å². The average molecular weight is 346 g/mol. The first kappa shape index (κ1) is 20.0. The first-order valence-corrected chi connectivity index (χ1v) is 8.99. The fourth-order valence-electron chi connectivity index (χ4n) is 1.95. The summed E-state index contributed by atoms with van der Waals surface area (Å²) in [5.41, 5.74) is 0.215. The van der Waals surface area contributed by atoms with Gasteiger partial charge in [0.25, 0.3) is 0 Å². The molecule has 1 rings (SSSR count). The zero-order valence-corrected chi connectivity index (χ0v) is 15.0. The molecule has 1 aromatic rings. The van der Waals surface area contributed by atoms with Crippen LogP contribution in [0.1, 0.15) is 51.4 Å². The van der Waals surface area contributed by atoms with E-state index in [4.69, 9.17) is 9.05 Å². The molecule has 0 aliphatic rings. The Balaban J connectivity index is 3.02. The van der Waals surface area contributed by atoms with Gasteiger partial charge in [0.1, 0.15) is 5.82 Å². The van der Waals surface area contributed by atoms with Gasteiger partial charge in [-0.1, -0.05) is 0 Å². The van der Waals surface area contributed by atoms with Gasteiger partial charge in [0.05, 0.1) is 18.6 Å². The zero-order valence-electron chi connectivity index (χ0n) is 14.1. The van der Waals surface area contributed by atoms with Gasteiger partial charge in [0.15, 0.2) is 11.1 Å². The molecule has 130 valence electrons. The summed E-state index contributed by atoms with van der Waals surface area (Å²) in [7, 11) is -3.96. The third-order valence-electron chi connectivity index (χ3n) is 2.95. The van der Waals surface area contributed by atoms with Crippen LogP contribution in [0, 0.1) is 5.82 Å². The van der Waals surface area contributed by atoms with Crippen LogP contribution in [0.5, 0.6) is 0 Å². The molecule has 0 radical (unpaired) electrons. The van der Waals surface area contributed by atoms with E-state index < -0.39 is 43.2 Å². The number of hydrogen-bond donors (Lipinski definition) is 1. The molecule has 1 N–H and O–H groups in total. The maximum Gasteiger partial charge on any atom is 0.362 e. The van der Waals surface area contributed by atoms with Crippen molar-refractivity contribution in [3.05, 3.63) is 35.6 Å². The van der Waals surface area contributed by atoms with E-state index in [-0.39, 0.29) is 5.56 Å². The summed E-state index contributed by atoms with van der Waals surface area (Å²) in [5, 5.41) is 8.62. The van der Waals surface area contributed by atoms with E-state index in [2.05, 4.69) is 0 Å². The molecule has 0 fully saturated rings. The minimum absolute atomic E-state index is 0.215. The molecule has 1 aromatic carbocycles. The lowest BCUT2D eigenvalue weighted by Gasteiger charge is -2.33. The highest BCUT2D eigenvalue weighted by atomic mass is 31.2. The molecule has 0 aliphatic heterocycles. The Labute approximate surface area is 136 Å². The molecule has 0 spiro atoms. The van der Waals surface area contributed by atoms with Crippen LogP contribution < -0.4 is 0 Å². The number of halogens is 1. The summed E-state index contributed by atoms with van der Waals surface area (Å²) in [6.07, 6.45) is -1.37. The molecule has 1 atom stereocenters. The van der Waals surface area contributed by atoms with Crippen LogP contribution in [-0.4, -0.2) is 28.4 Å². The molecular weight excluding hydrogens is 322 g/mol. The summed E-state index contributed by atoms with van der Waals surface area (Å²) in [4.78, 5) is 12.3. The lowest BCUT2D eigenvalue weighted by atomic mass is 10.1. The number of carbonyl (C=O) groups is 1. The molecule has 0 heterocycles. The summed E-state index contributed by atoms with van der Waals surface area (Å²) in [5.74, 6) is -0.944. The molecule has 7 heteroatoms. The van der Waals surface area contributed by atoms with Crippen LogP contribution >= 0.6 is 7.60 Å². The SMILES string of the molecule is CC(C)OP(=O)(OC(C)C)[C@@](C)(O)CC(=O)c1ccc(F)cc1. The zero-order chi connectivity index (χ0) is 17.8. The van der Waals surface area contributed by atoms with Crippen molar-refractivity contribution in [1.82, 2.24) is 0 Å². The molecule has 5 nitrogen and oxygen atoms in total. The van der Waals surface area contributed by atoms with Crippen LogP contribution in [0.15, 0.2) is 24.3 Å². The fraction of sp³-hybridized carbons (Fsp3) is 0.562. The standard InChI is InChI=1S/C16H24FO5P/c1-11(2)21-23(20,22-12(3)4)16(5,19)10-15(18)13-6-8-14(17)9-7-13/h6-9,11-12,19H,10H2,1-5H3/t16-/m1/s1. The Kier molecular flexibility index (Phi) is 6.66. The number of hydrogen-bond acceptors (Lipinski definition) is 5. The lowest BCUT2D eigenvalue weighted by Crippen LogP contribution is -2.32. The quantitative estimate of drug-likeness (QED) is 0.565. The fourth-order valence-corrected chi connectivity index (χ4v) is 3.90. The Morgan fingerprint density at radius 2 is 1.61 bits per heavy atom. The van der Waals surface area contributed by atoms with Crippen molar-refractivity contribution in [1.29, 1.82) is 0 Å². The van der Waals surface area contributed by atoms with E-state index in [0.717, 1.165) is 12.1 Å².